The number of nitrogens with zero attached hydrogens (tertiary/aromatic N) is 1. The molecule has 1 saturated carbocycles. The third kappa shape index (κ3) is 3.84. The SMILES string of the molecule is Cl.NC1(C(=O)N2CCOC(c3ccccc3F)C2)CCCCC1. The predicted molar refractivity (Wildman–Crippen MR) is 88.9 cm³/mol. The van der Waals surface area contributed by atoms with Crippen LogP contribution in [-0.4, -0.2) is 36.0 Å². The van der Waals surface area contributed by atoms with Crippen LogP contribution in [0.4, 0.5) is 4.39 Å². The van der Waals surface area contributed by atoms with Gasteiger partial charge in [-0.15, -0.1) is 12.4 Å². The van der Waals surface area contributed by atoms with Gasteiger partial charge >= 0.3 is 0 Å². The Morgan fingerprint density at radius 1 is 1.26 bits per heavy atom. The molecule has 6 heteroatoms. The summed E-state index contributed by atoms with van der Waals surface area (Å²) in [7, 11) is 0. The summed E-state index contributed by atoms with van der Waals surface area (Å²) in [5.41, 5.74) is 6.11. The Labute approximate surface area is 142 Å². The smallest absolute Gasteiger partial charge is 0.242 e. The average Bonchev–Trinajstić information content (AvgIpc) is 2.55. The van der Waals surface area contributed by atoms with E-state index in [0.717, 1.165) is 32.1 Å². The quantitative estimate of drug-likeness (QED) is 0.899. The van der Waals surface area contributed by atoms with Crippen LogP contribution in [0.3, 0.4) is 0 Å². The van der Waals surface area contributed by atoms with E-state index in [4.69, 9.17) is 10.5 Å². The highest BCUT2D eigenvalue weighted by atomic mass is 35.5. The van der Waals surface area contributed by atoms with E-state index in [1.165, 1.54) is 6.07 Å². The van der Waals surface area contributed by atoms with Crippen molar-refractivity contribution in [2.75, 3.05) is 19.7 Å². The fraction of sp³-hybridized carbons (Fsp3) is 0.588. The number of rotatable bonds is 2. The lowest BCUT2D eigenvalue weighted by atomic mass is 9.81. The minimum Gasteiger partial charge on any atom is -0.370 e. The van der Waals surface area contributed by atoms with Gasteiger partial charge in [0.15, 0.2) is 0 Å². The normalized spacial score (nSPS) is 23.9. The number of amides is 1. The number of hydrogen-bond acceptors (Lipinski definition) is 3. The van der Waals surface area contributed by atoms with Crippen LogP contribution < -0.4 is 5.73 Å². The van der Waals surface area contributed by atoms with Gasteiger partial charge in [-0.25, -0.2) is 4.39 Å². The zero-order chi connectivity index (χ0) is 15.6. The lowest BCUT2D eigenvalue weighted by molar-refractivity contribution is -0.146. The molecular weight excluding hydrogens is 319 g/mol. The van der Waals surface area contributed by atoms with Crippen LogP contribution >= 0.6 is 12.4 Å². The molecular formula is C17H24ClFN2O2. The summed E-state index contributed by atoms with van der Waals surface area (Å²) in [4.78, 5) is 14.5. The Hall–Kier alpha value is -1.17. The van der Waals surface area contributed by atoms with Gasteiger partial charge in [0.1, 0.15) is 11.9 Å². The molecule has 3 rings (SSSR count). The topological polar surface area (TPSA) is 55.6 Å². The molecule has 1 aliphatic heterocycles. The average molecular weight is 343 g/mol. The van der Waals surface area contributed by atoms with Gasteiger partial charge in [0.25, 0.3) is 0 Å². The van der Waals surface area contributed by atoms with Crippen molar-refractivity contribution in [2.24, 2.45) is 5.73 Å². The molecule has 2 N–H and O–H groups in total. The fourth-order valence-electron chi connectivity index (χ4n) is 3.47. The first-order chi connectivity index (χ1) is 10.6. The van der Waals surface area contributed by atoms with E-state index in [2.05, 4.69) is 0 Å². The summed E-state index contributed by atoms with van der Waals surface area (Å²) >= 11 is 0. The number of nitrogens with two attached hydrogens (primary N) is 1. The summed E-state index contributed by atoms with van der Waals surface area (Å²) in [6.07, 6.45) is 4.23. The van der Waals surface area contributed by atoms with E-state index in [1.54, 1.807) is 23.1 Å². The highest BCUT2D eigenvalue weighted by Gasteiger charge is 2.40. The maximum Gasteiger partial charge on any atom is 0.242 e. The third-order valence-corrected chi connectivity index (χ3v) is 4.78. The van der Waals surface area contributed by atoms with E-state index in [-0.39, 0.29) is 24.1 Å². The highest BCUT2D eigenvalue weighted by molar-refractivity contribution is 5.86. The largest absolute Gasteiger partial charge is 0.370 e. The van der Waals surface area contributed by atoms with Crippen LogP contribution in [0.2, 0.25) is 0 Å². The summed E-state index contributed by atoms with van der Waals surface area (Å²) in [5, 5.41) is 0. The predicted octanol–water partition coefficient (Wildman–Crippen LogP) is 2.81. The van der Waals surface area contributed by atoms with Crippen molar-refractivity contribution in [2.45, 2.75) is 43.7 Å². The molecule has 4 nitrogen and oxygen atoms in total. The van der Waals surface area contributed by atoms with Gasteiger partial charge in [0, 0.05) is 12.1 Å². The maximum absolute atomic E-state index is 13.9. The second-order valence-corrected chi connectivity index (χ2v) is 6.35. The number of hydrogen-bond donors (Lipinski definition) is 1. The van der Waals surface area contributed by atoms with Crippen molar-refractivity contribution < 1.29 is 13.9 Å². The monoisotopic (exact) mass is 342 g/mol. The molecule has 1 aliphatic carbocycles. The molecule has 1 amide bonds. The molecule has 2 aliphatic rings. The third-order valence-electron chi connectivity index (χ3n) is 4.78. The number of halogens is 2. The van der Waals surface area contributed by atoms with E-state index >= 15 is 0 Å². The van der Waals surface area contributed by atoms with E-state index < -0.39 is 11.6 Å². The molecule has 1 unspecified atom stereocenters. The Morgan fingerprint density at radius 3 is 2.65 bits per heavy atom. The van der Waals surface area contributed by atoms with Crippen LogP contribution in [0.5, 0.6) is 0 Å². The molecule has 23 heavy (non-hydrogen) atoms. The number of morpholine rings is 1. The minimum absolute atomic E-state index is 0. The fourth-order valence-corrected chi connectivity index (χ4v) is 3.47. The van der Waals surface area contributed by atoms with Gasteiger partial charge in [-0.3, -0.25) is 4.79 Å². The van der Waals surface area contributed by atoms with Gasteiger partial charge in [0.05, 0.1) is 18.7 Å². The molecule has 128 valence electrons. The molecule has 0 radical (unpaired) electrons. The van der Waals surface area contributed by atoms with Crippen LogP contribution in [0.15, 0.2) is 24.3 Å². The first kappa shape index (κ1) is 18.2. The number of carbonyl (C=O) groups excluding carboxylic acids is 1. The van der Waals surface area contributed by atoms with E-state index in [9.17, 15) is 9.18 Å². The molecule has 1 aromatic rings. The molecule has 1 aromatic carbocycles. The number of ether oxygens (including phenoxy) is 1. The number of benzene rings is 1. The van der Waals surface area contributed by atoms with E-state index in [0.29, 0.717) is 25.3 Å². The number of carbonyl (C=O) groups is 1. The van der Waals surface area contributed by atoms with Gasteiger partial charge in [0.2, 0.25) is 5.91 Å². The Kier molecular flexibility index (Phi) is 6.00. The lowest BCUT2D eigenvalue weighted by Crippen LogP contribution is -2.58. The molecule has 0 aromatic heterocycles. The van der Waals surface area contributed by atoms with Crippen LogP contribution in [0.1, 0.15) is 43.8 Å². The maximum atomic E-state index is 13.9. The summed E-state index contributed by atoms with van der Waals surface area (Å²) in [6, 6.07) is 6.58. The van der Waals surface area contributed by atoms with Crippen molar-refractivity contribution >= 4 is 18.3 Å². The first-order valence-corrected chi connectivity index (χ1v) is 8.04. The molecule has 0 spiro atoms. The van der Waals surface area contributed by atoms with Crippen molar-refractivity contribution in [3.8, 4) is 0 Å². The van der Waals surface area contributed by atoms with Gasteiger partial charge in [-0.05, 0) is 18.9 Å². The zero-order valence-electron chi connectivity index (χ0n) is 13.2. The van der Waals surface area contributed by atoms with Crippen molar-refractivity contribution in [3.63, 3.8) is 0 Å². The highest BCUT2D eigenvalue weighted by Crippen LogP contribution is 2.30. The zero-order valence-corrected chi connectivity index (χ0v) is 14.0. The summed E-state index contributed by atoms with van der Waals surface area (Å²) in [5.74, 6) is -0.293. The minimum atomic E-state index is -0.741. The first-order valence-electron chi connectivity index (χ1n) is 8.04. The lowest BCUT2D eigenvalue weighted by Gasteiger charge is -2.40. The Bertz CT molecular complexity index is 549. The van der Waals surface area contributed by atoms with Crippen molar-refractivity contribution in [1.82, 2.24) is 4.90 Å². The molecule has 1 heterocycles. The standard InChI is InChI=1S/C17H23FN2O2.ClH/c18-14-7-3-2-6-13(14)15-12-20(10-11-22-15)16(21)17(19)8-4-1-5-9-17;/h2-3,6-7,15H,1,4-5,8-12,19H2;1H. The van der Waals surface area contributed by atoms with Crippen LogP contribution in [0, 0.1) is 5.82 Å². The van der Waals surface area contributed by atoms with Crippen molar-refractivity contribution in [3.05, 3.63) is 35.6 Å². The van der Waals surface area contributed by atoms with Crippen LogP contribution in [-0.2, 0) is 9.53 Å². The van der Waals surface area contributed by atoms with Gasteiger partial charge < -0.3 is 15.4 Å². The molecule has 1 saturated heterocycles. The van der Waals surface area contributed by atoms with E-state index in [1.807, 2.05) is 0 Å². The second kappa shape index (κ2) is 7.60. The summed E-state index contributed by atoms with van der Waals surface area (Å²) in [6.45, 7) is 1.32. The van der Waals surface area contributed by atoms with Gasteiger partial charge in [-0.1, -0.05) is 37.5 Å². The van der Waals surface area contributed by atoms with Crippen LogP contribution in [0.25, 0.3) is 0 Å². The second-order valence-electron chi connectivity index (χ2n) is 6.35. The molecule has 1 atom stereocenters. The molecule has 0 bridgehead atoms. The molecule has 2 fully saturated rings. The van der Waals surface area contributed by atoms with Gasteiger partial charge in [-0.2, -0.15) is 0 Å². The van der Waals surface area contributed by atoms with Crippen molar-refractivity contribution in [1.29, 1.82) is 0 Å². The Morgan fingerprint density at radius 2 is 1.96 bits per heavy atom. The Balaban J connectivity index is 0.00000192. The summed E-state index contributed by atoms with van der Waals surface area (Å²) < 4.78 is 19.6.